The molecule has 1 aromatic carbocycles. The second-order valence-corrected chi connectivity index (χ2v) is 6.78. The van der Waals surface area contributed by atoms with Gasteiger partial charge in [0.1, 0.15) is 0 Å². The lowest BCUT2D eigenvalue weighted by Crippen LogP contribution is -2.38. The van der Waals surface area contributed by atoms with Crippen LogP contribution in [0.2, 0.25) is 10.0 Å². The number of aromatic nitrogens is 2. The molecule has 136 valence electrons. The number of nitrogens with zero attached hydrogens (tertiary/aromatic N) is 3. The molecule has 5 nitrogen and oxygen atoms in total. The summed E-state index contributed by atoms with van der Waals surface area (Å²) in [5.41, 5.74) is 3.48. The van der Waals surface area contributed by atoms with Crippen LogP contribution < -0.4 is 5.32 Å². The molecule has 2 rings (SSSR count). The Bertz CT molecular complexity index is 711. The monoisotopic (exact) mass is 381 g/mol. The summed E-state index contributed by atoms with van der Waals surface area (Å²) in [7, 11) is 2.02. The third-order valence-corrected chi connectivity index (χ3v) is 4.64. The molecule has 1 aromatic heterocycles. The molecular weight excluding hydrogens is 357 g/mol. The minimum Gasteiger partial charge on any atom is -0.357 e. The highest BCUT2D eigenvalue weighted by molar-refractivity contribution is 6.42. The van der Waals surface area contributed by atoms with Gasteiger partial charge in [0.15, 0.2) is 5.96 Å². The number of hydrogen-bond acceptors (Lipinski definition) is 2. The smallest absolute Gasteiger partial charge is 0.193 e. The Hall–Kier alpha value is -1.72. The highest BCUT2D eigenvalue weighted by Crippen LogP contribution is 2.23. The number of nitrogens with one attached hydrogen (secondary N) is 2. The molecule has 2 N–H and O–H groups in total. The van der Waals surface area contributed by atoms with Crippen LogP contribution >= 0.6 is 23.2 Å². The third kappa shape index (κ3) is 5.94. The number of guanidine groups is 1. The van der Waals surface area contributed by atoms with Crippen LogP contribution in [-0.4, -0.2) is 41.2 Å². The summed E-state index contributed by atoms with van der Waals surface area (Å²) in [6.45, 7) is 6.41. The van der Waals surface area contributed by atoms with E-state index < -0.39 is 0 Å². The number of aryl methyl sites for hydroxylation is 2. The zero-order valence-electron chi connectivity index (χ0n) is 14.9. The van der Waals surface area contributed by atoms with Gasteiger partial charge in [0.25, 0.3) is 0 Å². The first-order valence-electron chi connectivity index (χ1n) is 8.43. The molecule has 0 saturated carbocycles. The van der Waals surface area contributed by atoms with Gasteiger partial charge in [-0.25, -0.2) is 0 Å². The molecule has 25 heavy (non-hydrogen) atoms. The van der Waals surface area contributed by atoms with Crippen LogP contribution in [0.5, 0.6) is 0 Å². The minimum atomic E-state index is 0.572. The second kappa shape index (κ2) is 9.68. The van der Waals surface area contributed by atoms with Crippen molar-refractivity contribution in [1.29, 1.82) is 0 Å². The number of aromatic amines is 1. The van der Waals surface area contributed by atoms with Crippen molar-refractivity contribution in [1.82, 2.24) is 20.4 Å². The summed E-state index contributed by atoms with van der Waals surface area (Å²) in [6.07, 6.45) is 3.85. The van der Waals surface area contributed by atoms with Crippen LogP contribution in [0.3, 0.4) is 0 Å². The van der Waals surface area contributed by atoms with E-state index in [1.54, 1.807) is 0 Å². The van der Waals surface area contributed by atoms with Gasteiger partial charge in [-0.15, -0.1) is 0 Å². The Morgan fingerprint density at radius 1 is 1.32 bits per heavy atom. The minimum absolute atomic E-state index is 0.572. The van der Waals surface area contributed by atoms with E-state index in [1.807, 2.05) is 38.4 Å². The van der Waals surface area contributed by atoms with Crippen LogP contribution in [0.4, 0.5) is 0 Å². The molecule has 0 aliphatic heterocycles. The van der Waals surface area contributed by atoms with E-state index in [-0.39, 0.29) is 0 Å². The SMILES string of the molecule is CCNC(=NCCCc1cn[nH]c1C)N(C)Cc1ccc(Cl)c(Cl)c1. The van der Waals surface area contributed by atoms with Gasteiger partial charge in [-0.3, -0.25) is 10.1 Å². The molecule has 0 bridgehead atoms. The maximum Gasteiger partial charge on any atom is 0.193 e. The molecule has 0 spiro atoms. The molecular formula is C18H25Cl2N5. The van der Waals surface area contributed by atoms with Gasteiger partial charge in [-0.2, -0.15) is 5.10 Å². The van der Waals surface area contributed by atoms with E-state index >= 15 is 0 Å². The molecule has 1 heterocycles. The fraction of sp³-hybridized carbons (Fsp3) is 0.444. The number of benzene rings is 1. The molecule has 0 unspecified atom stereocenters. The predicted molar refractivity (Wildman–Crippen MR) is 106 cm³/mol. The van der Waals surface area contributed by atoms with Crippen molar-refractivity contribution in [2.24, 2.45) is 4.99 Å². The van der Waals surface area contributed by atoms with Gasteiger partial charge >= 0.3 is 0 Å². The number of halogens is 2. The normalized spacial score (nSPS) is 11.6. The molecule has 0 radical (unpaired) electrons. The van der Waals surface area contributed by atoms with Crippen LogP contribution in [0.1, 0.15) is 30.2 Å². The van der Waals surface area contributed by atoms with Crippen LogP contribution in [-0.2, 0) is 13.0 Å². The third-order valence-electron chi connectivity index (χ3n) is 3.90. The van der Waals surface area contributed by atoms with Crippen LogP contribution in [0, 0.1) is 6.92 Å². The Labute approximate surface area is 159 Å². The van der Waals surface area contributed by atoms with Crippen molar-refractivity contribution in [2.75, 3.05) is 20.1 Å². The van der Waals surface area contributed by atoms with Crippen molar-refractivity contribution in [3.05, 3.63) is 51.3 Å². The highest BCUT2D eigenvalue weighted by atomic mass is 35.5. The average molecular weight is 382 g/mol. The molecule has 0 aliphatic rings. The van der Waals surface area contributed by atoms with Gasteiger partial charge in [0.2, 0.25) is 0 Å². The van der Waals surface area contributed by atoms with E-state index in [1.165, 1.54) is 5.56 Å². The van der Waals surface area contributed by atoms with Gasteiger partial charge in [0.05, 0.1) is 16.2 Å². The van der Waals surface area contributed by atoms with Crippen molar-refractivity contribution in [3.63, 3.8) is 0 Å². The van der Waals surface area contributed by atoms with E-state index in [0.29, 0.717) is 16.6 Å². The lowest BCUT2D eigenvalue weighted by atomic mass is 10.1. The predicted octanol–water partition coefficient (Wildman–Crippen LogP) is 4.06. The summed E-state index contributed by atoms with van der Waals surface area (Å²) in [4.78, 5) is 6.81. The Balaban J connectivity index is 1.92. The van der Waals surface area contributed by atoms with Crippen LogP contribution in [0.15, 0.2) is 29.4 Å². The summed E-state index contributed by atoms with van der Waals surface area (Å²) < 4.78 is 0. The molecule has 0 atom stereocenters. The number of rotatable bonds is 7. The number of hydrogen-bond donors (Lipinski definition) is 2. The highest BCUT2D eigenvalue weighted by Gasteiger charge is 2.08. The lowest BCUT2D eigenvalue weighted by molar-refractivity contribution is 0.476. The maximum atomic E-state index is 6.10. The molecule has 0 fully saturated rings. The standard InChI is InChI=1S/C18H25Cl2N5/c1-4-21-18(22-9-5-6-15-11-23-24-13(15)2)25(3)12-14-7-8-16(19)17(20)10-14/h7-8,10-11H,4-6,9,12H2,1-3H3,(H,21,22)(H,23,24). The Morgan fingerprint density at radius 2 is 2.12 bits per heavy atom. The molecule has 0 aliphatic carbocycles. The zero-order valence-corrected chi connectivity index (χ0v) is 16.5. The fourth-order valence-corrected chi connectivity index (χ4v) is 2.86. The zero-order chi connectivity index (χ0) is 18.2. The largest absolute Gasteiger partial charge is 0.357 e. The Morgan fingerprint density at radius 3 is 2.76 bits per heavy atom. The van der Waals surface area contributed by atoms with Crippen LogP contribution in [0.25, 0.3) is 0 Å². The maximum absolute atomic E-state index is 6.10. The number of aliphatic imine (C=N–C) groups is 1. The lowest BCUT2D eigenvalue weighted by Gasteiger charge is -2.22. The van der Waals surface area contributed by atoms with Crippen molar-refractivity contribution in [3.8, 4) is 0 Å². The van der Waals surface area contributed by atoms with Gasteiger partial charge < -0.3 is 10.2 Å². The average Bonchev–Trinajstić information content (AvgIpc) is 2.99. The topological polar surface area (TPSA) is 56.3 Å². The summed E-state index contributed by atoms with van der Waals surface area (Å²) >= 11 is 12.1. The van der Waals surface area contributed by atoms with Gasteiger partial charge in [0, 0.05) is 32.4 Å². The van der Waals surface area contributed by atoms with Crippen molar-refractivity contribution >= 4 is 29.2 Å². The fourth-order valence-electron chi connectivity index (χ4n) is 2.54. The van der Waals surface area contributed by atoms with E-state index in [2.05, 4.69) is 27.3 Å². The first-order chi connectivity index (χ1) is 12.0. The van der Waals surface area contributed by atoms with Gasteiger partial charge in [-0.1, -0.05) is 29.3 Å². The molecule has 0 amide bonds. The first kappa shape index (κ1) is 19.6. The summed E-state index contributed by atoms with van der Waals surface area (Å²) in [5.74, 6) is 0.887. The molecule has 7 heteroatoms. The van der Waals surface area contributed by atoms with Gasteiger partial charge in [-0.05, 0) is 49.9 Å². The van der Waals surface area contributed by atoms with E-state index in [0.717, 1.165) is 43.1 Å². The molecule has 2 aromatic rings. The number of H-pyrrole nitrogens is 1. The van der Waals surface area contributed by atoms with Crippen molar-refractivity contribution in [2.45, 2.75) is 33.2 Å². The summed E-state index contributed by atoms with van der Waals surface area (Å²) in [5, 5.41) is 11.5. The quantitative estimate of drug-likeness (QED) is 0.432. The van der Waals surface area contributed by atoms with E-state index in [4.69, 9.17) is 28.2 Å². The first-order valence-corrected chi connectivity index (χ1v) is 9.19. The Kier molecular flexibility index (Phi) is 7.59. The van der Waals surface area contributed by atoms with E-state index in [9.17, 15) is 0 Å². The molecule has 0 saturated heterocycles. The van der Waals surface area contributed by atoms with Crippen molar-refractivity contribution < 1.29 is 0 Å². The second-order valence-electron chi connectivity index (χ2n) is 5.96. The summed E-state index contributed by atoms with van der Waals surface area (Å²) in [6, 6.07) is 5.70.